The van der Waals surface area contributed by atoms with Crippen molar-refractivity contribution in [1.29, 1.82) is 0 Å². The van der Waals surface area contributed by atoms with Gasteiger partial charge in [0.2, 0.25) is 17.7 Å². The molecule has 3 atom stereocenters. The van der Waals surface area contributed by atoms with Gasteiger partial charge in [0, 0.05) is 18.8 Å². The summed E-state index contributed by atoms with van der Waals surface area (Å²) in [4.78, 5) is 47.4. The molecule has 0 aromatic heterocycles. The van der Waals surface area contributed by atoms with Gasteiger partial charge in [0.15, 0.2) is 0 Å². The summed E-state index contributed by atoms with van der Waals surface area (Å²) in [6, 6.07) is -1.03. The summed E-state index contributed by atoms with van der Waals surface area (Å²) in [6.45, 7) is 4.38. The molecular formula is C12H18N2O5. The molecule has 106 valence electrons. The van der Waals surface area contributed by atoms with E-state index in [1.165, 1.54) is 14.0 Å². The van der Waals surface area contributed by atoms with E-state index in [0.717, 1.165) is 4.90 Å². The van der Waals surface area contributed by atoms with E-state index in [2.05, 4.69) is 10.1 Å². The van der Waals surface area contributed by atoms with E-state index < -0.39 is 29.8 Å². The molecule has 19 heavy (non-hydrogen) atoms. The molecule has 1 fully saturated rings. The molecule has 1 aliphatic rings. The molecule has 1 heterocycles. The Morgan fingerprint density at radius 1 is 1.26 bits per heavy atom. The van der Waals surface area contributed by atoms with Gasteiger partial charge in [-0.1, -0.05) is 13.8 Å². The number of hydrogen-bond donors (Lipinski definition) is 1. The number of methoxy groups -OCH3 is 1. The van der Waals surface area contributed by atoms with Gasteiger partial charge in [0.25, 0.3) is 0 Å². The number of carbonyl (C=O) groups is 4. The van der Waals surface area contributed by atoms with Crippen molar-refractivity contribution in [2.75, 3.05) is 13.7 Å². The lowest BCUT2D eigenvalue weighted by Gasteiger charge is -2.21. The minimum atomic E-state index is -1.03. The summed E-state index contributed by atoms with van der Waals surface area (Å²) < 4.78 is 4.54. The zero-order chi connectivity index (χ0) is 14.7. The van der Waals surface area contributed by atoms with Crippen LogP contribution in [0.4, 0.5) is 0 Å². The van der Waals surface area contributed by atoms with Crippen LogP contribution in [0.3, 0.4) is 0 Å². The highest BCUT2D eigenvalue weighted by Gasteiger charge is 2.43. The van der Waals surface area contributed by atoms with Crippen LogP contribution in [0.25, 0.3) is 0 Å². The van der Waals surface area contributed by atoms with E-state index in [9.17, 15) is 19.2 Å². The summed E-state index contributed by atoms with van der Waals surface area (Å²) in [5.41, 5.74) is 0. The Bertz CT molecular complexity index is 400. The molecular weight excluding hydrogens is 252 g/mol. The topological polar surface area (TPSA) is 92.8 Å². The molecule has 1 aliphatic heterocycles. The number of ether oxygens (including phenoxy) is 1. The van der Waals surface area contributed by atoms with E-state index in [-0.39, 0.29) is 18.4 Å². The SMILES string of the molecule is COC(=O)C(CN1C(=O)C(C)C(C)C1=O)NC(C)=O. The van der Waals surface area contributed by atoms with Crippen LogP contribution in [-0.2, 0) is 23.9 Å². The van der Waals surface area contributed by atoms with Crippen LogP contribution in [-0.4, -0.2) is 48.3 Å². The van der Waals surface area contributed by atoms with Gasteiger partial charge in [-0.2, -0.15) is 0 Å². The van der Waals surface area contributed by atoms with Crippen LogP contribution in [0, 0.1) is 11.8 Å². The second kappa shape index (κ2) is 5.81. The van der Waals surface area contributed by atoms with Crippen LogP contribution >= 0.6 is 0 Å². The van der Waals surface area contributed by atoms with Crippen molar-refractivity contribution in [2.45, 2.75) is 26.8 Å². The second-order valence-corrected chi connectivity index (χ2v) is 4.64. The number of esters is 1. The fourth-order valence-corrected chi connectivity index (χ4v) is 1.96. The summed E-state index contributed by atoms with van der Waals surface area (Å²) in [5.74, 6) is -2.63. The molecule has 0 aliphatic carbocycles. The molecule has 0 saturated carbocycles. The monoisotopic (exact) mass is 270 g/mol. The van der Waals surface area contributed by atoms with E-state index >= 15 is 0 Å². The summed E-state index contributed by atoms with van der Waals surface area (Å²) in [6.07, 6.45) is 0. The van der Waals surface area contributed by atoms with Gasteiger partial charge in [-0.15, -0.1) is 0 Å². The van der Waals surface area contributed by atoms with Crippen LogP contribution in [0.5, 0.6) is 0 Å². The lowest BCUT2D eigenvalue weighted by atomic mass is 10.00. The van der Waals surface area contributed by atoms with Gasteiger partial charge >= 0.3 is 5.97 Å². The highest BCUT2D eigenvalue weighted by Crippen LogP contribution is 2.25. The lowest BCUT2D eigenvalue weighted by Crippen LogP contribution is -2.50. The summed E-state index contributed by atoms with van der Waals surface area (Å²) in [7, 11) is 1.18. The standard InChI is InChI=1S/C12H18N2O5/c1-6-7(2)11(17)14(10(6)16)5-9(12(18)19-4)13-8(3)15/h6-7,9H,5H2,1-4H3,(H,13,15). The lowest BCUT2D eigenvalue weighted by molar-refractivity contribution is -0.148. The molecule has 1 saturated heterocycles. The fourth-order valence-electron chi connectivity index (χ4n) is 1.96. The third kappa shape index (κ3) is 3.10. The number of imide groups is 1. The second-order valence-electron chi connectivity index (χ2n) is 4.64. The number of carbonyl (C=O) groups excluding carboxylic acids is 4. The van der Waals surface area contributed by atoms with Gasteiger partial charge < -0.3 is 10.1 Å². The highest BCUT2D eigenvalue weighted by molar-refractivity contribution is 6.05. The summed E-state index contributed by atoms with van der Waals surface area (Å²) in [5, 5.41) is 2.37. The number of hydrogen-bond acceptors (Lipinski definition) is 5. The van der Waals surface area contributed by atoms with Crippen molar-refractivity contribution < 1.29 is 23.9 Å². The predicted octanol–water partition coefficient (Wildman–Crippen LogP) is -0.695. The Balaban J connectivity index is 2.85. The number of rotatable bonds is 4. The minimum absolute atomic E-state index is 0.196. The van der Waals surface area contributed by atoms with Gasteiger partial charge in [0.05, 0.1) is 13.7 Å². The molecule has 0 bridgehead atoms. The normalized spacial score (nSPS) is 24.3. The van der Waals surface area contributed by atoms with Crippen molar-refractivity contribution in [1.82, 2.24) is 10.2 Å². The minimum Gasteiger partial charge on any atom is -0.467 e. The van der Waals surface area contributed by atoms with Crippen LogP contribution in [0.2, 0.25) is 0 Å². The molecule has 0 aromatic carbocycles. The Kier molecular flexibility index (Phi) is 4.63. The predicted molar refractivity (Wildman–Crippen MR) is 64.7 cm³/mol. The molecule has 0 spiro atoms. The average Bonchev–Trinajstić information content (AvgIpc) is 2.54. The first kappa shape index (κ1) is 15.1. The van der Waals surface area contributed by atoms with E-state index in [4.69, 9.17) is 0 Å². The van der Waals surface area contributed by atoms with Crippen LogP contribution < -0.4 is 5.32 Å². The first-order valence-corrected chi connectivity index (χ1v) is 5.99. The number of amides is 3. The molecule has 0 aromatic rings. The number of likely N-dealkylation sites (tertiary alicyclic amines) is 1. The largest absolute Gasteiger partial charge is 0.467 e. The van der Waals surface area contributed by atoms with Gasteiger partial charge in [-0.05, 0) is 0 Å². The van der Waals surface area contributed by atoms with Crippen molar-refractivity contribution in [3.05, 3.63) is 0 Å². The molecule has 7 nitrogen and oxygen atoms in total. The van der Waals surface area contributed by atoms with Crippen molar-refractivity contribution in [2.24, 2.45) is 11.8 Å². The molecule has 3 unspecified atom stereocenters. The molecule has 1 rings (SSSR count). The van der Waals surface area contributed by atoms with E-state index in [0.29, 0.717) is 0 Å². The fraction of sp³-hybridized carbons (Fsp3) is 0.667. The Morgan fingerprint density at radius 2 is 1.74 bits per heavy atom. The first-order valence-electron chi connectivity index (χ1n) is 5.99. The third-order valence-corrected chi connectivity index (χ3v) is 3.29. The Hall–Kier alpha value is -1.92. The van der Waals surface area contributed by atoms with E-state index in [1.54, 1.807) is 13.8 Å². The van der Waals surface area contributed by atoms with Gasteiger partial charge in [0.1, 0.15) is 6.04 Å². The molecule has 1 N–H and O–H groups in total. The highest BCUT2D eigenvalue weighted by atomic mass is 16.5. The number of nitrogens with zero attached hydrogens (tertiary/aromatic N) is 1. The molecule has 7 heteroatoms. The van der Waals surface area contributed by atoms with Crippen LogP contribution in [0.15, 0.2) is 0 Å². The zero-order valence-corrected chi connectivity index (χ0v) is 11.4. The van der Waals surface area contributed by atoms with E-state index in [1.807, 2.05) is 0 Å². The van der Waals surface area contributed by atoms with Crippen LogP contribution in [0.1, 0.15) is 20.8 Å². The van der Waals surface area contributed by atoms with Crippen molar-refractivity contribution >= 4 is 23.7 Å². The maximum absolute atomic E-state index is 11.9. The molecule has 3 amide bonds. The van der Waals surface area contributed by atoms with Gasteiger partial charge in [-0.25, -0.2) is 4.79 Å². The quantitative estimate of drug-likeness (QED) is 0.539. The smallest absolute Gasteiger partial charge is 0.330 e. The number of nitrogens with one attached hydrogen (secondary N) is 1. The maximum atomic E-state index is 11.9. The van der Waals surface area contributed by atoms with Crippen molar-refractivity contribution in [3.8, 4) is 0 Å². The maximum Gasteiger partial charge on any atom is 0.330 e. The Morgan fingerprint density at radius 3 is 2.11 bits per heavy atom. The van der Waals surface area contributed by atoms with Crippen molar-refractivity contribution in [3.63, 3.8) is 0 Å². The first-order chi connectivity index (χ1) is 8.79. The Labute approximate surface area is 111 Å². The summed E-state index contributed by atoms with van der Waals surface area (Å²) >= 11 is 0. The third-order valence-electron chi connectivity index (χ3n) is 3.29. The molecule has 0 radical (unpaired) electrons. The van der Waals surface area contributed by atoms with Gasteiger partial charge in [-0.3, -0.25) is 19.3 Å². The zero-order valence-electron chi connectivity index (χ0n) is 11.4. The average molecular weight is 270 g/mol.